The number of nitrogens with zero attached hydrogens (tertiary/aromatic N) is 1. The highest BCUT2D eigenvalue weighted by molar-refractivity contribution is 5.79. The van der Waals surface area contributed by atoms with E-state index >= 15 is 0 Å². The van der Waals surface area contributed by atoms with Crippen LogP contribution in [-0.4, -0.2) is 33.0 Å². The molecule has 0 aromatic heterocycles. The van der Waals surface area contributed by atoms with Crippen LogP contribution in [0.3, 0.4) is 0 Å². The van der Waals surface area contributed by atoms with Gasteiger partial charge in [-0.25, -0.2) is 0 Å². The van der Waals surface area contributed by atoms with Crippen molar-refractivity contribution in [1.82, 2.24) is 10.6 Å². The fourth-order valence-electron chi connectivity index (χ4n) is 2.77. The molecular weight excluding hydrogens is 384 g/mol. The molecule has 1 heterocycles. The molecule has 0 spiro atoms. The van der Waals surface area contributed by atoms with Crippen molar-refractivity contribution in [3.8, 4) is 23.0 Å². The van der Waals surface area contributed by atoms with Gasteiger partial charge in [0.05, 0.1) is 6.61 Å². The summed E-state index contributed by atoms with van der Waals surface area (Å²) < 4.78 is 45.6. The molecule has 0 bridgehead atoms. The number of fused-ring (bicyclic) bond motifs is 1. The third-order valence-electron chi connectivity index (χ3n) is 4.10. The quantitative estimate of drug-likeness (QED) is 0.517. The second-order valence-corrected chi connectivity index (χ2v) is 6.06. The van der Waals surface area contributed by atoms with Crippen LogP contribution in [0.15, 0.2) is 41.4 Å². The summed E-state index contributed by atoms with van der Waals surface area (Å²) in [5.74, 6) is 2.34. The lowest BCUT2D eigenvalue weighted by Crippen LogP contribution is -2.36. The summed E-state index contributed by atoms with van der Waals surface area (Å²) in [6, 6.07) is 10.6. The smallest absolute Gasteiger partial charge is 0.387 e. The van der Waals surface area contributed by atoms with Crippen LogP contribution < -0.4 is 29.6 Å². The first-order valence-corrected chi connectivity index (χ1v) is 9.12. The van der Waals surface area contributed by atoms with E-state index in [1.807, 2.05) is 18.2 Å². The first kappa shape index (κ1) is 20.5. The van der Waals surface area contributed by atoms with E-state index in [1.54, 1.807) is 26.1 Å². The number of hydrogen-bond donors (Lipinski definition) is 2. The van der Waals surface area contributed by atoms with Crippen LogP contribution in [0, 0.1) is 0 Å². The molecule has 29 heavy (non-hydrogen) atoms. The van der Waals surface area contributed by atoms with Crippen molar-refractivity contribution in [3.05, 3.63) is 47.5 Å². The average molecular weight is 407 g/mol. The van der Waals surface area contributed by atoms with Crippen molar-refractivity contribution in [1.29, 1.82) is 0 Å². The molecule has 3 rings (SSSR count). The number of aliphatic imine (C=N–C) groups is 1. The van der Waals surface area contributed by atoms with E-state index in [-0.39, 0.29) is 18.3 Å². The van der Waals surface area contributed by atoms with Crippen LogP contribution in [0.4, 0.5) is 8.78 Å². The molecule has 0 aliphatic carbocycles. The Morgan fingerprint density at radius 1 is 1.03 bits per heavy atom. The maximum absolute atomic E-state index is 12.5. The number of nitrogens with one attached hydrogen (secondary N) is 2. The third-order valence-corrected chi connectivity index (χ3v) is 4.10. The summed E-state index contributed by atoms with van der Waals surface area (Å²) in [5.41, 5.74) is 1.85. The van der Waals surface area contributed by atoms with E-state index in [9.17, 15) is 8.78 Å². The van der Waals surface area contributed by atoms with Crippen molar-refractivity contribution in [2.45, 2.75) is 26.6 Å². The molecule has 0 atom stereocenters. The molecule has 9 heteroatoms. The van der Waals surface area contributed by atoms with Gasteiger partial charge in [0.15, 0.2) is 29.0 Å². The van der Waals surface area contributed by atoms with Gasteiger partial charge in [-0.1, -0.05) is 12.1 Å². The maximum atomic E-state index is 12.5. The summed E-state index contributed by atoms with van der Waals surface area (Å²) in [4.78, 5) is 4.19. The lowest BCUT2D eigenvalue weighted by Gasteiger charge is -2.15. The molecule has 1 aliphatic rings. The maximum Gasteiger partial charge on any atom is 0.387 e. The first-order valence-electron chi connectivity index (χ1n) is 9.12. The molecule has 0 saturated carbocycles. The van der Waals surface area contributed by atoms with Crippen LogP contribution in [0.5, 0.6) is 23.0 Å². The van der Waals surface area contributed by atoms with Gasteiger partial charge in [0, 0.05) is 20.1 Å². The minimum atomic E-state index is -2.91. The van der Waals surface area contributed by atoms with E-state index in [1.165, 1.54) is 6.07 Å². The fraction of sp³-hybridized carbons (Fsp3) is 0.350. The van der Waals surface area contributed by atoms with Crippen LogP contribution in [0.2, 0.25) is 0 Å². The number of alkyl halides is 2. The molecule has 0 amide bonds. The molecule has 7 nitrogen and oxygen atoms in total. The average Bonchev–Trinajstić information content (AvgIpc) is 3.17. The summed E-state index contributed by atoms with van der Waals surface area (Å²) in [7, 11) is 1.67. The largest absolute Gasteiger partial charge is 0.490 e. The van der Waals surface area contributed by atoms with Gasteiger partial charge in [-0.3, -0.25) is 4.99 Å². The van der Waals surface area contributed by atoms with Crippen LogP contribution >= 0.6 is 0 Å². The number of rotatable bonds is 8. The Kier molecular flexibility index (Phi) is 6.94. The SMILES string of the molecule is CCOc1cc(CNC(=NC)NCc2ccc3c(c2)OCO3)ccc1OC(F)F. The van der Waals surface area contributed by atoms with Crippen molar-refractivity contribution >= 4 is 5.96 Å². The van der Waals surface area contributed by atoms with E-state index in [0.717, 1.165) is 22.6 Å². The van der Waals surface area contributed by atoms with Crippen molar-refractivity contribution < 1.29 is 27.7 Å². The van der Waals surface area contributed by atoms with Crippen LogP contribution in [0.25, 0.3) is 0 Å². The molecule has 0 radical (unpaired) electrons. The van der Waals surface area contributed by atoms with Gasteiger partial charge in [-0.2, -0.15) is 8.78 Å². The minimum Gasteiger partial charge on any atom is -0.490 e. The lowest BCUT2D eigenvalue weighted by atomic mass is 10.2. The van der Waals surface area contributed by atoms with Gasteiger partial charge in [0.1, 0.15) is 0 Å². The number of benzene rings is 2. The molecule has 1 aliphatic heterocycles. The number of ether oxygens (including phenoxy) is 4. The second-order valence-electron chi connectivity index (χ2n) is 6.06. The highest BCUT2D eigenvalue weighted by Crippen LogP contribution is 2.32. The van der Waals surface area contributed by atoms with Gasteiger partial charge in [-0.05, 0) is 42.3 Å². The molecule has 2 aromatic carbocycles. The lowest BCUT2D eigenvalue weighted by molar-refractivity contribution is -0.0514. The first-order chi connectivity index (χ1) is 14.1. The Balaban J connectivity index is 1.56. The normalized spacial score (nSPS) is 12.8. The molecule has 0 fully saturated rings. The Hall–Kier alpha value is -3.23. The van der Waals surface area contributed by atoms with E-state index in [2.05, 4.69) is 20.4 Å². The van der Waals surface area contributed by atoms with Crippen molar-refractivity contribution in [2.75, 3.05) is 20.4 Å². The van der Waals surface area contributed by atoms with Crippen molar-refractivity contribution in [3.63, 3.8) is 0 Å². The summed E-state index contributed by atoms with van der Waals surface area (Å²) in [6.07, 6.45) is 0. The molecular formula is C20H23F2N3O4. The van der Waals surface area contributed by atoms with Crippen molar-refractivity contribution in [2.24, 2.45) is 4.99 Å². The number of hydrogen-bond acceptors (Lipinski definition) is 5. The highest BCUT2D eigenvalue weighted by Gasteiger charge is 2.14. The fourth-order valence-corrected chi connectivity index (χ4v) is 2.77. The predicted octanol–water partition coefficient (Wildman–Crippen LogP) is 3.28. The molecule has 2 aromatic rings. The van der Waals surface area contributed by atoms with Crippen LogP contribution in [0.1, 0.15) is 18.1 Å². The molecule has 0 unspecified atom stereocenters. The zero-order valence-electron chi connectivity index (χ0n) is 16.2. The zero-order valence-corrected chi connectivity index (χ0v) is 16.2. The summed E-state index contributed by atoms with van der Waals surface area (Å²) in [5, 5.41) is 6.39. The van der Waals surface area contributed by atoms with Gasteiger partial charge in [-0.15, -0.1) is 0 Å². The van der Waals surface area contributed by atoms with Gasteiger partial charge >= 0.3 is 6.61 Å². The van der Waals surface area contributed by atoms with Gasteiger partial charge in [0.25, 0.3) is 0 Å². The molecule has 2 N–H and O–H groups in total. The standard InChI is InChI=1S/C20H23F2N3O4/c1-3-26-18-9-14(5-7-16(18)29-19(21)22)11-25-20(23-2)24-10-13-4-6-15-17(8-13)28-12-27-15/h4-9,19H,3,10-12H2,1-2H3,(H2,23,24,25). The zero-order chi connectivity index (χ0) is 20.6. The van der Waals surface area contributed by atoms with Gasteiger partial charge in [0.2, 0.25) is 6.79 Å². The topological polar surface area (TPSA) is 73.3 Å². The molecule has 156 valence electrons. The number of guanidine groups is 1. The Morgan fingerprint density at radius 2 is 1.72 bits per heavy atom. The van der Waals surface area contributed by atoms with E-state index < -0.39 is 6.61 Å². The van der Waals surface area contributed by atoms with Gasteiger partial charge < -0.3 is 29.6 Å². The second kappa shape index (κ2) is 9.81. The highest BCUT2D eigenvalue weighted by atomic mass is 19.3. The summed E-state index contributed by atoms with van der Waals surface area (Å²) >= 11 is 0. The minimum absolute atomic E-state index is 0.0101. The van der Waals surface area contributed by atoms with E-state index in [4.69, 9.17) is 14.2 Å². The monoisotopic (exact) mass is 407 g/mol. The Bertz CT molecular complexity index is 862. The Morgan fingerprint density at radius 3 is 2.41 bits per heavy atom. The third kappa shape index (κ3) is 5.63. The molecule has 0 saturated heterocycles. The number of halogens is 2. The summed E-state index contributed by atoms with van der Waals surface area (Å²) in [6.45, 7) is 0.420. The van der Waals surface area contributed by atoms with Crippen LogP contribution in [-0.2, 0) is 13.1 Å². The predicted molar refractivity (Wildman–Crippen MR) is 104 cm³/mol. The Labute approximate surface area is 167 Å². The van der Waals surface area contributed by atoms with E-state index in [0.29, 0.717) is 25.7 Å².